The van der Waals surface area contributed by atoms with Crippen LogP contribution < -0.4 is 4.90 Å². The van der Waals surface area contributed by atoms with Crippen molar-refractivity contribution in [3.63, 3.8) is 0 Å². The van der Waals surface area contributed by atoms with Gasteiger partial charge in [0.25, 0.3) is 5.91 Å². The van der Waals surface area contributed by atoms with Crippen LogP contribution in [0.3, 0.4) is 0 Å². The fraction of sp³-hybridized carbons (Fsp3) is 0.471. The number of fused-ring (bicyclic) bond motifs is 1. The minimum absolute atomic E-state index is 0.00335. The highest BCUT2D eigenvalue weighted by Gasteiger charge is 2.25. The predicted octanol–water partition coefficient (Wildman–Crippen LogP) is 1.72. The van der Waals surface area contributed by atoms with Crippen molar-refractivity contribution in [2.24, 2.45) is 0 Å². The average Bonchev–Trinajstić information content (AvgIpc) is 3.06. The molecule has 2 aliphatic heterocycles. The second kappa shape index (κ2) is 6.22. The number of piperazine rings is 1. The standard InChI is InChI=1S/C17H20FN5O/c18-13-4-5-15(19-11-13)21-7-9-22(10-8-21)17(24)14-12-23-6-2-1-3-16(23)20-14/h4-5,11-12H,1-3,6-10H2. The van der Waals surface area contributed by atoms with Gasteiger partial charge in [-0.1, -0.05) is 0 Å². The van der Waals surface area contributed by atoms with Crippen LogP contribution in [0.2, 0.25) is 0 Å². The lowest BCUT2D eigenvalue weighted by Crippen LogP contribution is -2.49. The molecule has 4 heterocycles. The van der Waals surface area contributed by atoms with Gasteiger partial charge >= 0.3 is 0 Å². The summed E-state index contributed by atoms with van der Waals surface area (Å²) < 4.78 is 15.1. The molecule has 0 atom stereocenters. The summed E-state index contributed by atoms with van der Waals surface area (Å²) in [5.41, 5.74) is 0.556. The zero-order valence-electron chi connectivity index (χ0n) is 13.5. The van der Waals surface area contributed by atoms with E-state index in [0.29, 0.717) is 31.9 Å². The Balaban J connectivity index is 1.41. The number of nitrogens with zero attached hydrogens (tertiary/aromatic N) is 5. The lowest BCUT2D eigenvalue weighted by atomic mass is 10.2. The Bertz CT molecular complexity index is 710. The summed E-state index contributed by atoms with van der Waals surface area (Å²) in [5.74, 6) is 1.44. The van der Waals surface area contributed by atoms with E-state index in [2.05, 4.69) is 19.4 Å². The van der Waals surface area contributed by atoms with Crippen LogP contribution in [-0.2, 0) is 13.0 Å². The maximum Gasteiger partial charge on any atom is 0.274 e. The molecule has 2 aromatic rings. The lowest BCUT2D eigenvalue weighted by Gasteiger charge is -2.35. The molecule has 0 radical (unpaired) electrons. The van der Waals surface area contributed by atoms with Crippen molar-refractivity contribution in [3.05, 3.63) is 41.9 Å². The molecule has 4 rings (SSSR count). The van der Waals surface area contributed by atoms with Gasteiger partial charge in [0, 0.05) is 45.3 Å². The number of aromatic nitrogens is 3. The number of imidazole rings is 1. The third-order valence-electron chi connectivity index (χ3n) is 4.73. The number of rotatable bonds is 2. The first-order valence-corrected chi connectivity index (χ1v) is 8.42. The number of amides is 1. The van der Waals surface area contributed by atoms with Crippen LogP contribution >= 0.6 is 0 Å². The van der Waals surface area contributed by atoms with Gasteiger partial charge in [-0.25, -0.2) is 14.4 Å². The first-order valence-electron chi connectivity index (χ1n) is 8.42. The van der Waals surface area contributed by atoms with E-state index in [9.17, 15) is 9.18 Å². The van der Waals surface area contributed by atoms with Gasteiger partial charge in [-0.3, -0.25) is 4.79 Å². The molecule has 1 fully saturated rings. The molecule has 2 aromatic heterocycles. The van der Waals surface area contributed by atoms with E-state index in [4.69, 9.17) is 0 Å². The summed E-state index contributed by atoms with van der Waals surface area (Å²) in [6.07, 6.45) is 6.37. The van der Waals surface area contributed by atoms with Crippen molar-refractivity contribution in [3.8, 4) is 0 Å². The summed E-state index contributed by atoms with van der Waals surface area (Å²) in [4.78, 5) is 25.2. The largest absolute Gasteiger partial charge is 0.353 e. The van der Waals surface area contributed by atoms with E-state index < -0.39 is 0 Å². The summed E-state index contributed by atoms with van der Waals surface area (Å²) in [6, 6.07) is 3.09. The van der Waals surface area contributed by atoms with Crippen molar-refractivity contribution < 1.29 is 9.18 Å². The Kier molecular flexibility index (Phi) is 3.92. The Hall–Kier alpha value is -2.44. The van der Waals surface area contributed by atoms with Crippen molar-refractivity contribution in [1.82, 2.24) is 19.4 Å². The summed E-state index contributed by atoms with van der Waals surface area (Å²) in [7, 11) is 0. The third-order valence-corrected chi connectivity index (χ3v) is 4.73. The molecular weight excluding hydrogens is 309 g/mol. The molecule has 0 bridgehead atoms. The summed E-state index contributed by atoms with van der Waals surface area (Å²) in [6.45, 7) is 3.59. The van der Waals surface area contributed by atoms with E-state index in [1.807, 2.05) is 11.1 Å². The molecule has 1 saturated heterocycles. The number of halogens is 1. The smallest absolute Gasteiger partial charge is 0.274 e. The van der Waals surface area contributed by atoms with Gasteiger partial charge in [0.15, 0.2) is 0 Å². The zero-order valence-corrected chi connectivity index (χ0v) is 13.5. The van der Waals surface area contributed by atoms with E-state index in [1.54, 1.807) is 6.07 Å². The second-order valence-electron chi connectivity index (χ2n) is 6.31. The number of carbonyl (C=O) groups excluding carboxylic acids is 1. The van der Waals surface area contributed by atoms with Crippen LogP contribution in [0.25, 0.3) is 0 Å². The van der Waals surface area contributed by atoms with Crippen molar-refractivity contribution in [2.45, 2.75) is 25.8 Å². The van der Waals surface area contributed by atoms with Gasteiger partial charge in [-0.2, -0.15) is 0 Å². The monoisotopic (exact) mass is 329 g/mol. The molecular formula is C17H20FN5O. The van der Waals surface area contributed by atoms with Crippen LogP contribution in [0, 0.1) is 5.82 Å². The van der Waals surface area contributed by atoms with Gasteiger partial charge in [0.1, 0.15) is 23.2 Å². The number of anilines is 1. The molecule has 0 unspecified atom stereocenters. The first kappa shape index (κ1) is 15.1. The number of carbonyl (C=O) groups is 1. The summed E-state index contributed by atoms with van der Waals surface area (Å²) in [5, 5.41) is 0. The van der Waals surface area contributed by atoms with Crippen molar-refractivity contribution in [2.75, 3.05) is 31.1 Å². The van der Waals surface area contributed by atoms with Gasteiger partial charge in [-0.15, -0.1) is 0 Å². The van der Waals surface area contributed by atoms with Crippen LogP contribution in [0.5, 0.6) is 0 Å². The highest BCUT2D eigenvalue weighted by Crippen LogP contribution is 2.18. The Labute approximate surface area is 139 Å². The maximum atomic E-state index is 13.0. The van der Waals surface area contributed by atoms with Crippen LogP contribution in [0.4, 0.5) is 10.2 Å². The normalized spacial score (nSPS) is 17.7. The molecule has 2 aliphatic rings. The van der Waals surface area contributed by atoms with E-state index >= 15 is 0 Å². The maximum absolute atomic E-state index is 13.0. The number of hydrogen-bond acceptors (Lipinski definition) is 4. The number of pyridine rings is 1. The van der Waals surface area contributed by atoms with Gasteiger partial charge in [-0.05, 0) is 25.0 Å². The van der Waals surface area contributed by atoms with Crippen LogP contribution in [-0.4, -0.2) is 51.5 Å². The second-order valence-corrected chi connectivity index (χ2v) is 6.31. The van der Waals surface area contributed by atoms with E-state index in [1.165, 1.54) is 12.3 Å². The van der Waals surface area contributed by atoms with Crippen LogP contribution in [0.1, 0.15) is 29.2 Å². The Morgan fingerprint density at radius 3 is 2.62 bits per heavy atom. The summed E-state index contributed by atoms with van der Waals surface area (Å²) >= 11 is 0. The first-order chi connectivity index (χ1) is 11.7. The molecule has 24 heavy (non-hydrogen) atoms. The molecule has 0 N–H and O–H groups in total. The molecule has 0 spiro atoms. The van der Waals surface area contributed by atoms with E-state index in [0.717, 1.165) is 37.4 Å². The topological polar surface area (TPSA) is 54.3 Å². The molecule has 0 aliphatic carbocycles. The molecule has 6 nitrogen and oxygen atoms in total. The lowest BCUT2D eigenvalue weighted by molar-refractivity contribution is 0.0741. The fourth-order valence-electron chi connectivity index (χ4n) is 3.37. The number of aryl methyl sites for hydroxylation is 2. The highest BCUT2D eigenvalue weighted by molar-refractivity contribution is 5.92. The minimum atomic E-state index is -0.337. The van der Waals surface area contributed by atoms with Crippen molar-refractivity contribution >= 4 is 11.7 Å². The third kappa shape index (κ3) is 2.86. The quantitative estimate of drug-likeness (QED) is 0.842. The van der Waals surface area contributed by atoms with Gasteiger partial charge in [0.05, 0.1) is 6.20 Å². The predicted molar refractivity (Wildman–Crippen MR) is 87.5 cm³/mol. The van der Waals surface area contributed by atoms with Gasteiger partial charge < -0.3 is 14.4 Å². The van der Waals surface area contributed by atoms with Crippen molar-refractivity contribution in [1.29, 1.82) is 0 Å². The average molecular weight is 329 g/mol. The van der Waals surface area contributed by atoms with E-state index in [-0.39, 0.29) is 11.7 Å². The van der Waals surface area contributed by atoms with Crippen LogP contribution in [0.15, 0.2) is 24.5 Å². The Morgan fingerprint density at radius 1 is 1.08 bits per heavy atom. The zero-order chi connectivity index (χ0) is 16.5. The molecule has 126 valence electrons. The fourth-order valence-corrected chi connectivity index (χ4v) is 3.37. The van der Waals surface area contributed by atoms with Gasteiger partial charge in [0.2, 0.25) is 0 Å². The Morgan fingerprint density at radius 2 is 1.92 bits per heavy atom. The minimum Gasteiger partial charge on any atom is -0.353 e. The molecule has 1 amide bonds. The SMILES string of the molecule is O=C(c1cn2c(n1)CCCC2)N1CCN(c2ccc(F)cn2)CC1. The highest BCUT2D eigenvalue weighted by atomic mass is 19.1. The molecule has 0 aromatic carbocycles. The molecule has 7 heteroatoms. The number of hydrogen-bond donors (Lipinski definition) is 0. The molecule has 0 saturated carbocycles.